The summed E-state index contributed by atoms with van der Waals surface area (Å²) in [5, 5.41) is 4.47. The summed E-state index contributed by atoms with van der Waals surface area (Å²) in [6.45, 7) is 2.14. The van der Waals surface area contributed by atoms with Gasteiger partial charge in [0.2, 0.25) is 0 Å². The highest BCUT2D eigenvalue weighted by Gasteiger charge is 2.20. The predicted octanol–water partition coefficient (Wildman–Crippen LogP) is 2.47. The van der Waals surface area contributed by atoms with Gasteiger partial charge in [0.05, 0.1) is 11.2 Å². The highest BCUT2D eigenvalue weighted by atomic mass is 14.9. The lowest BCUT2D eigenvalue weighted by Gasteiger charge is -2.09. The van der Waals surface area contributed by atoms with Gasteiger partial charge in [0.1, 0.15) is 0 Å². The molecular weight excluding hydrogens is 210 g/mol. The van der Waals surface area contributed by atoms with Crippen LogP contribution in [0.15, 0.2) is 35.5 Å². The Balaban J connectivity index is 2.10. The van der Waals surface area contributed by atoms with E-state index in [9.17, 15) is 0 Å². The number of benzene rings is 1. The molecular formula is C14H15N3. The van der Waals surface area contributed by atoms with Crippen molar-refractivity contribution in [3.05, 3.63) is 36.0 Å². The Morgan fingerprint density at radius 2 is 2.18 bits per heavy atom. The molecule has 1 aromatic carbocycles. The maximum absolute atomic E-state index is 4.70. The third-order valence-electron chi connectivity index (χ3n) is 3.43. The second kappa shape index (κ2) is 3.93. The zero-order valence-corrected chi connectivity index (χ0v) is 10.1. The van der Waals surface area contributed by atoms with E-state index in [1.54, 1.807) is 0 Å². The van der Waals surface area contributed by atoms with E-state index < -0.39 is 0 Å². The molecule has 1 aromatic heterocycles. The van der Waals surface area contributed by atoms with Crippen molar-refractivity contribution < 1.29 is 0 Å². The normalized spacial score (nSPS) is 15.8. The summed E-state index contributed by atoms with van der Waals surface area (Å²) in [5.74, 6) is 0. The van der Waals surface area contributed by atoms with Crippen molar-refractivity contribution in [2.45, 2.75) is 19.4 Å². The fraction of sp³-hybridized carbons (Fsp3) is 0.286. The molecule has 0 spiro atoms. The molecule has 0 fully saturated rings. The zero-order valence-electron chi connectivity index (χ0n) is 10.1. The number of hydrogen-bond acceptors (Lipinski definition) is 3. The summed E-state index contributed by atoms with van der Waals surface area (Å²) in [6, 6.07) is 8.56. The van der Waals surface area contributed by atoms with E-state index in [-0.39, 0.29) is 0 Å². The fourth-order valence-corrected chi connectivity index (χ4v) is 2.28. The molecule has 0 saturated heterocycles. The molecule has 0 aliphatic carbocycles. The first-order valence-corrected chi connectivity index (χ1v) is 5.91. The van der Waals surface area contributed by atoms with Crippen LogP contribution >= 0.6 is 0 Å². The molecule has 0 bridgehead atoms. The number of aromatic nitrogens is 1. The zero-order chi connectivity index (χ0) is 11.8. The molecule has 2 aromatic rings. The first-order chi connectivity index (χ1) is 8.29. The Morgan fingerprint density at radius 1 is 1.29 bits per heavy atom. The van der Waals surface area contributed by atoms with Crippen molar-refractivity contribution in [1.82, 2.24) is 10.3 Å². The molecule has 1 N–H and O–H groups in total. The summed E-state index contributed by atoms with van der Waals surface area (Å²) in [5.41, 5.74) is 4.67. The Hall–Kier alpha value is -1.74. The second-order valence-corrected chi connectivity index (χ2v) is 4.42. The Kier molecular flexibility index (Phi) is 2.41. The molecule has 86 valence electrons. The number of hydrogen-bond donors (Lipinski definition) is 1. The largest absolute Gasteiger partial charge is 0.312 e. The van der Waals surface area contributed by atoms with Crippen molar-refractivity contribution >= 4 is 22.3 Å². The van der Waals surface area contributed by atoms with Crippen molar-refractivity contribution in [3.8, 4) is 0 Å². The van der Waals surface area contributed by atoms with Gasteiger partial charge < -0.3 is 5.32 Å². The highest BCUT2D eigenvalue weighted by Crippen LogP contribution is 2.33. The molecule has 3 nitrogen and oxygen atoms in total. The van der Waals surface area contributed by atoms with Crippen molar-refractivity contribution in [2.75, 3.05) is 7.05 Å². The number of rotatable bonds is 2. The van der Waals surface area contributed by atoms with E-state index in [4.69, 9.17) is 4.99 Å². The van der Waals surface area contributed by atoms with Crippen LogP contribution in [-0.2, 0) is 6.42 Å². The Morgan fingerprint density at radius 3 is 3.00 bits per heavy atom. The van der Waals surface area contributed by atoms with E-state index in [1.807, 2.05) is 25.4 Å². The number of pyridine rings is 1. The summed E-state index contributed by atoms with van der Waals surface area (Å²) in [6.07, 6.45) is 2.77. The van der Waals surface area contributed by atoms with Crippen LogP contribution in [0, 0.1) is 0 Å². The third-order valence-corrected chi connectivity index (χ3v) is 3.43. The molecule has 2 heterocycles. The first kappa shape index (κ1) is 10.4. The lowest BCUT2D eigenvalue weighted by atomic mass is 10.0. The van der Waals surface area contributed by atoms with Crippen molar-refractivity contribution in [2.24, 2.45) is 4.99 Å². The minimum absolute atomic E-state index is 0.328. The van der Waals surface area contributed by atoms with Crippen LogP contribution in [0.3, 0.4) is 0 Å². The number of fused-ring (bicyclic) bond motifs is 3. The topological polar surface area (TPSA) is 37.3 Å². The first-order valence-electron chi connectivity index (χ1n) is 5.91. The lowest BCUT2D eigenvalue weighted by Crippen LogP contribution is -2.30. The average molecular weight is 225 g/mol. The summed E-state index contributed by atoms with van der Waals surface area (Å²) >= 11 is 0. The summed E-state index contributed by atoms with van der Waals surface area (Å²) in [7, 11) is 1.97. The van der Waals surface area contributed by atoms with Crippen LogP contribution in [0.1, 0.15) is 12.5 Å². The van der Waals surface area contributed by atoms with Gasteiger partial charge in [0, 0.05) is 29.8 Å². The number of aliphatic imine (C=N–C) groups is 1. The second-order valence-electron chi connectivity index (χ2n) is 4.42. The smallest absolute Gasteiger partial charge is 0.0706 e. The lowest BCUT2D eigenvalue weighted by molar-refractivity contribution is 0.756. The van der Waals surface area contributed by atoms with Gasteiger partial charge in [-0.05, 0) is 37.7 Å². The predicted molar refractivity (Wildman–Crippen MR) is 71.1 cm³/mol. The molecule has 1 atom stereocenters. The average Bonchev–Trinajstić information content (AvgIpc) is 2.82. The Labute approximate surface area is 101 Å². The quantitative estimate of drug-likeness (QED) is 0.852. The maximum Gasteiger partial charge on any atom is 0.0706 e. The van der Waals surface area contributed by atoms with Crippen LogP contribution in [0.4, 0.5) is 5.69 Å². The summed E-state index contributed by atoms with van der Waals surface area (Å²) in [4.78, 5) is 9.08. The van der Waals surface area contributed by atoms with Gasteiger partial charge in [0.15, 0.2) is 0 Å². The van der Waals surface area contributed by atoms with E-state index >= 15 is 0 Å². The van der Waals surface area contributed by atoms with E-state index in [1.165, 1.54) is 16.7 Å². The van der Waals surface area contributed by atoms with Crippen molar-refractivity contribution in [3.63, 3.8) is 0 Å². The highest BCUT2D eigenvalue weighted by molar-refractivity contribution is 6.02. The Bertz CT molecular complexity index is 601. The van der Waals surface area contributed by atoms with Gasteiger partial charge in [-0.2, -0.15) is 0 Å². The van der Waals surface area contributed by atoms with Crippen LogP contribution in [0.5, 0.6) is 0 Å². The van der Waals surface area contributed by atoms with Gasteiger partial charge in [-0.3, -0.25) is 9.98 Å². The molecule has 0 amide bonds. The number of nitrogens with zero attached hydrogens (tertiary/aromatic N) is 2. The monoisotopic (exact) mass is 225 g/mol. The van der Waals surface area contributed by atoms with Crippen LogP contribution in [-0.4, -0.2) is 23.8 Å². The van der Waals surface area contributed by atoms with Crippen LogP contribution < -0.4 is 5.32 Å². The molecule has 3 heteroatoms. The molecule has 3 rings (SSSR count). The fourth-order valence-electron chi connectivity index (χ4n) is 2.28. The third kappa shape index (κ3) is 1.63. The minimum atomic E-state index is 0.328. The molecule has 1 aliphatic heterocycles. The van der Waals surface area contributed by atoms with Gasteiger partial charge >= 0.3 is 0 Å². The summed E-state index contributed by atoms with van der Waals surface area (Å²) < 4.78 is 0. The van der Waals surface area contributed by atoms with E-state index in [2.05, 4.69) is 29.4 Å². The van der Waals surface area contributed by atoms with Crippen molar-refractivity contribution in [1.29, 1.82) is 0 Å². The van der Waals surface area contributed by atoms with E-state index in [0.717, 1.165) is 17.6 Å². The van der Waals surface area contributed by atoms with Crippen LogP contribution in [0.25, 0.3) is 10.9 Å². The van der Waals surface area contributed by atoms with Gasteiger partial charge in [-0.25, -0.2) is 0 Å². The molecule has 0 unspecified atom stereocenters. The van der Waals surface area contributed by atoms with Crippen LogP contribution in [0.2, 0.25) is 0 Å². The van der Waals surface area contributed by atoms with Gasteiger partial charge in [-0.15, -0.1) is 0 Å². The molecule has 17 heavy (non-hydrogen) atoms. The van der Waals surface area contributed by atoms with Gasteiger partial charge in [0.25, 0.3) is 0 Å². The number of nitrogens with one attached hydrogen (secondary N) is 1. The van der Waals surface area contributed by atoms with E-state index in [0.29, 0.717) is 6.04 Å². The standard InChI is InChI=1S/C14H15N3/c1-9(15-2)14-8-11-10-4-3-7-16-12(10)5-6-13(11)17-14/h3-7,9,15H,8H2,1-2H3/t9-/m1/s1. The maximum atomic E-state index is 4.70. The molecule has 0 saturated carbocycles. The molecule has 0 radical (unpaired) electrons. The SMILES string of the molecule is CN[C@H](C)C1=Nc2ccc3ncccc3c2C1. The minimum Gasteiger partial charge on any atom is -0.312 e. The molecule has 1 aliphatic rings. The van der Waals surface area contributed by atoms with Gasteiger partial charge in [-0.1, -0.05) is 6.07 Å².